The first-order chi connectivity index (χ1) is 33.0. The monoisotopic (exact) mass is 1200 g/mol. The molecule has 0 saturated heterocycles. The standard InChI is InChI=1S/C39H27N3O21S6.6Na/c43-37(40-34-16-27(66-62-58-48)12-19-10-25(64-60-56-46)1-4-31(19)34)22-7-23(38(44)41-35-17-28(67-63-59-49)13-21-14-29(68(50,51)52)3-6-33(21)35)9-24(8-22)39(45)42-36-18-30(69(53,54)55)15-20-11-26(65-61-57-47)2-5-32(20)36;;;;;;/h1-18,46-49H,(H,40,43)(H,41,44)(H,42,45)(H,50,51,52)(H,53,54,55);;;;;;/q;6*+1/p-6. The molecule has 3 N–H and O–H groups in total. The Hall–Kier alpha value is 0.470. The first-order valence-electron chi connectivity index (χ1n) is 18.2. The number of nitrogens with one attached hydrogen (secondary N) is 3. The van der Waals surface area contributed by atoms with Gasteiger partial charge in [0.2, 0.25) is 0 Å². The second-order valence-electron chi connectivity index (χ2n) is 13.5. The third kappa shape index (κ3) is 20.1. The molecule has 0 atom stereocenters. The minimum absolute atomic E-state index is 0. The molecule has 0 aliphatic rings. The molecule has 360 valence electrons. The molecular formula is C39H21N3Na6O21S6. The molecule has 0 bridgehead atoms. The van der Waals surface area contributed by atoms with Gasteiger partial charge in [0.05, 0.1) is 75.0 Å². The van der Waals surface area contributed by atoms with Crippen LogP contribution in [0.4, 0.5) is 17.1 Å². The number of anilines is 3. The van der Waals surface area contributed by atoms with Crippen molar-refractivity contribution >= 4 is 136 Å². The molecular weight excluding hydrogens is 1180 g/mol. The van der Waals surface area contributed by atoms with Gasteiger partial charge in [-0.3, -0.25) is 34.5 Å². The van der Waals surface area contributed by atoms with Crippen LogP contribution < -0.4 is 214 Å². The molecule has 7 rings (SSSR count). The van der Waals surface area contributed by atoms with Crippen LogP contribution in [0.5, 0.6) is 0 Å². The maximum absolute atomic E-state index is 14.3. The number of fused-ring (bicyclic) bond motifs is 3. The van der Waals surface area contributed by atoms with Crippen molar-refractivity contribution in [3.63, 3.8) is 0 Å². The van der Waals surface area contributed by atoms with E-state index in [4.69, 9.17) is 0 Å². The summed E-state index contributed by atoms with van der Waals surface area (Å²) in [6.07, 6.45) is 0. The van der Waals surface area contributed by atoms with Crippen molar-refractivity contribution < 1.29 is 276 Å². The van der Waals surface area contributed by atoms with Crippen molar-refractivity contribution in [2.45, 2.75) is 29.4 Å². The molecule has 0 spiro atoms. The predicted molar refractivity (Wildman–Crippen MR) is 230 cm³/mol. The van der Waals surface area contributed by atoms with Crippen LogP contribution in [0.1, 0.15) is 31.1 Å². The van der Waals surface area contributed by atoms with Crippen LogP contribution in [0.25, 0.3) is 32.3 Å². The average Bonchev–Trinajstić information content (AvgIpc) is 3.32. The van der Waals surface area contributed by atoms with Gasteiger partial charge in [0.25, 0.3) is 17.7 Å². The molecule has 7 aromatic carbocycles. The topological polar surface area (TPSA) is 368 Å². The largest absolute Gasteiger partial charge is 1.00 e. The van der Waals surface area contributed by atoms with Gasteiger partial charge in [-0.25, -0.2) is 16.8 Å². The van der Waals surface area contributed by atoms with E-state index in [2.05, 4.69) is 53.4 Å². The third-order valence-corrected chi connectivity index (χ3v) is 13.3. The van der Waals surface area contributed by atoms with Gasteiger partial charge in [-0.05, 0) is 107 Å². The van der Waals surface area contributed by atoms with E-state index in [1.807, 2.05) is 0 Å². The van der Waals surface area contributed by atoms with Crippen molar-refractivity contribution in [3.05, 3.63) is 126 Å². The van der Waals surface area contributed by atoms with Crippen LogP contribution in [0.2, 0.25) is 0 Å². The van der Waals surface area contributed by atoms with Gasteiger partial charge >= 0.3 is 177 Å². The van der Waals surface area contributed by atoms with Crippen LogP contribution in [0, 0.1) is 0 Å². The fourth-order valence-electron chi connectivity index (χ4n) is 6.59. The van der Waals surface area contributed by atoms with Crippen LogP contribution in [0.15, 0.2) is 139 Å². The SMILES string of the molecule is O=C(Nc1cc(SOO[O-])cc2cc(SOO[O-])ccc12)c1cc(C(=O)Nc2cc(SOO[O-])cc3cc(S(=O)(=O)[O-])ccc23)cc(C(=O)Nc2cc(S(=O)(=O)[O-])cc3cc(SOO[O-])ccc23)c1.[Na+].[Na+].[Na+].[Na+].[Na+].[Na+]. The van der Waals surface area contributed by atoms with E-state index in [1.165, 1.54) is 66.7 Å². The van der Waals surface area contributed by atoms with Gasteiger partial charge in [0, 0.05) is 52.4 Å². The Morgan fingerprint density at radius 3 is 1.01 bits per heavy atom. The summed E-state index contributed by atoms with van der Waals surface area (Å²) in [5.41, 5.74) is -1.35. The summed E-state index contributed by atoms with van der Waals surface area (Å²) >= 11 is 1.83. The molecule has 36 heteroatoms. The van der Waals surface area contributed by atoms with Gasteiger partial charge < -0.3 is 46.1 Å². The van der Waals surface area contributed by atoms with E-state index in [0.717, 1.165) is 42.5 Å². The molecule has 0 aliphatic heterocycles. The third-order valence-electron chi connectivity index (χ3n) is 9.37. The van der Waals surface area contributed by atoms with Gasteiger partial charge in [-0.15, -0.1) is 0 Å². The number of amides is 3. The van der Waals surface area contributed by atoms with Crippen LogP contribution in [-0.2, 0) is 57.7 Å². The molecule has 24 nitrogen and oxygen atoms in total. The van der Waals surface area contributed by atoms with E-state index in [0.29, 0.717) is 63.8 Å². The molecule has 75 heavy (non-hydrogen) atoms. The minimum Gasteiger partial charge on any atom is -0.744 e. The van der Waals surface area contributed by atoms with Gasteiger partial charge in [0.1, 0.15) is 20.2 Å². The number of hydrogen-bond donors (Lipinski definition) is 3. The molecule has 0 aromatic heterocycles. The van der Waals surface area contributed by atoms with E-state index in [1.54, 1.807) is 0 Å². The number of rotatable bonds is 20. The van der Waals surface area contributed by atoms with Gasteiger partial charge in [-0.2, -0.15) is 17.3 Å². The predicted octanol–water partition coefficient (Wildman–Crippen LogP) is -14.3. The van der Waals surface area contributed by atoms with Crippen molar-refractivity contribution in [2.75, 3.05) is 16.0 Å². The maximum atomic E-state index is 14.3. The number of carbonyl (C=O) groups is 3. The van der Waals surface area contributed by atoms with E-state index >= 15 is 0 Å². The number of carbonyl (C=O) groups excluding carboxylic acids is 3. The summed E-state index contributed by atoms with van der Waals surface area (Å²) in [4.78, 5) is 42.2. The Morgan fingerprint density at radius 2 is 0.667 bits per heavy atom. The average molecular weight is 1200 g/mol. The zero-order valence-electron chi connectivity index (χ0n) is 39.4. The Balaban J connectivity index is 0.00000469. The second kappa shape index (κ2) is 34.2. The first-order valence-corrected chi connectivity index (χ1v) is 24.0. The summed E-state index contributed by atoms with van der Waals surface area (Å²) in [6.45, 7) is 0. The summed E-state index contributed by atoms with van der Waals surface area (Å²) in [5, 5.41) is 64.8. The fraction of sp³-hybridized carbons (Fsp3) is 0. The molecule has 0 saturated carbocycles. The summed E-state index contributed by atoms with van der Waals surface area (Å²) in [7, 11) is -10.1. The van der Waals surface area contributed by atoms with Gasteiger partial charge in [0.15, 0.2) is 0 Å². The van der Waals surface area contributed by atoms with Gasteiger partial charge in [-0.1, -0.05) is 18.2 Å². The Labute approximate surface area is 573 Å². The van der Waals surface area contributed by atoms with Crippen LogP contribution in [-0.4, -0.2) is 43.7 Å². The first kappa shape index (κ1) is 73.5. The smallest absolute Gasteiger partial charge is 0.744 e. The zero-order chi connectivity index (χ0) is 49.5. The van der Waals surface area contributed by atoms with E-state index < -0.39 is 53.3 Å². The molecule has 7 aromatic rings. The van der Waals surface area contributed by atoms with Crippen LogP contribution in [0.3, 0.4) is 0 Å². The zero-order valence-corrected chi connectivity index (χ0v) is 56.3. The molecule has 0 heterocycles. The summed E-state index contributed by atoms with van der Waals surface area (Å²) < 4.78 is 89.8. The second-order valence-corrected chi connectivity index (χ2v) is 19.4. The van der Waals surface area contributed by atoms with E-state index in [-0.39, 0.29) is 242 Å². The minimum atomic E-state index is -5.16. The Morgan fingerprint density at radius 1 is 0.373 bits per heavy atom. The summed E-state index contributed by atoms with van der Waals surface area (Å²) in [6, 6.07) is 22.4. The van der Waals surface area contributed by atoms with Crippen LogP contribution >= 0.6 is 48.2 Å². The molecule has 0 radical (unpaired) electrons. The molecule has 3 amide bonds. The number of benzene rings is 7. The fourth-order valence-corrected chi connectivity index (χ4v) is 9.33. The molecule has 0 aliphatic carbocycles. The Bertz CT molecular complexity index is 3390. The Kier molecular flexibility index (Phi) is 33.5. The quantitative estimate of drug-likeness (QED) is 0.0210. The molecule has 0 fully saturated rings. The number of hydrogen-bond acceptors (Lipinski definition) is 25. The van der Waals surface area contributed by atoms with Crippen molar-refractivity contribution in [1.82, 2.24) is 0 Å². The van der Waals surface area contributed by atoms with Crippen molar-refractivity contribution in [1.29, 1.82) is 0 Å². The van der Waals surface area contributed by atoms with E-state index in [9.17, 15) is 61.4 Å². The summed E-state index contributed by atoms with van der Waals surface area (Å²) in [5.74, 6) is -3.01. The maximum Gasteiger partial charge on any atom is 1.00 e. The molecule has 0 unspecified atom stereocenters. The van der Waals surface area contributed by atoms with Crippen molar-refractivity contribution in [3.8, 4) is 0 Å². The normalized spacial score (nSPS) is 10.9. The van der Waals surface area contributed by atoms with Crippen molar-refractivity contribution in [2.24, 2.45) is 0 Å².